The number of imide groups is 1. The molecule has 0 atom stereocenters. The van der Waals surface area contributed by atoms with E-state index >= 15 is 0 Å². The zero-order valence-electron chi connectivity index (χ0n) is 16.7. The summed E-state index contributed by atoms with van der Waals surface area (Å²) in [6.07, 6.45) is 0. The van der Waals surface area contributed by atoms with Crippen molar-refractivity contribution in [1.29, 1.82) is 0 Å². The number of rotatable bonds is 6. The lowest BCUT2D eigenvalue weighted by Crippen LogP contribution is -2.43. The Balaban J connectivity index is 1.61. The lowest BCUT2D eigenvalue weighted by atomic mass is 10.1. The molecule has 1 N–H and O–H groups in total. The van der Waals surface area contributed by atoms with Gasteiger partial charge in [-0.25, -0.2) is 0 Å². The molecule has 152 valence electrons. The third-order valence-electron chi connectivity index (χ3n) is 5.54. The Labute approximate surface area is 174 Å². The van der Waals surface area contributed by atoms with Crippen molar-refractivity contribution in [2.75, 3.05) is 44.7 Å². The van der Waals surface area contributed by atoms with Gasteiger partial charge in [0, 0.05) is 36.7 Å². The molecule has 2 amide bonds. The van der Waals surface area contributed by atoms with Crippen molar-refractivity contribution < 1.29 is 14.3 Å². The van der Waals surface area contributed by atoms with Gasteiger partial charge in [-0.3, -0.25) is 19.4 Å². The number of benzene rings is 1. The van der Waals surface area contributed by atoms with Gasteiger partial charge in [0.25, 0.3) is 11.8 Å². The summed E-state index contributed by atoms with van der Waals surface area (Å²) in [4.78, 5) is 30.9. The molecule has 0 spiro atoms. The molecule has 2 aromatic rings. The molecule has 0 unspecified atom stereocenters. The fourth-order valence-corrected chi connectivity index (χ4v) is 4.40. The fourth-order valence-electron chi connectivity index (χ4n) is 3.63. The molecule has 1 fully saturated rings. The van der Waals surface area contributed by atoms with Crippen molar-refractivity contribution in [2.45, 2.75) is 13.8 Å². The minimum atomic E-state index is -0.257. The van der Waals surface area contributed by atoms with E-state index in [0.717, 1.165) is 34.8 Å². The first-order valence-electron chi connectivity index (χ1n) is 9.84. The van der Waals surface area contributed by atoms with E-state index in [1.807, 2.05) is 49.6 Å². The van der Waals surface area contributed by atoms with Gasteiger partial charge in [-0.1, -0.05) is 18.2 Å². The molecule has 0 saturated carbocycles. The topological polar surface area (TPSA) is 61.9 Å². The molecule has 0 bridgehead atoms. The first kappa shape index (κ1) is 19.8. The van der Waals surface area contributed by atoms with Gasteiger partial charge >= 0.3 is 0 Å². The Morgan fingerprint density at radius 1 is 1.03 bits per heavy atom. The number of carbonyl (C=O) groups excluding carboxylic acids is 2. The van der Waals surface area contributed by atoms with Gasteiger partial charge in [0.05, 0.1) is 18.8 Å². The SMILES string of the molecule is Cc1cccc(NC2=C(c3cccs3)C(=O)N(CCN3CCOCC3)C2=O)c1C. The van der Waals surface area contributed by atoms with Crippen LogP contribution in [-0.2, 0) is 14.3 Å². The zero-order chi connectivity index (χ0) is 20.4. The maximum absolute atomic E-state index is 13.2. The second kappa shape index (κ2) is 8.49. The van der Waals surface area contributed by atoms with Gasteiger partial charge in [0.15, 0.2) is 0 Å². The number of ether oxygens (including phenoxy) is 1. The van der Waals surface area contributed by atoms with Gasteiger partial charge in [-0.2, -0.15) is 0 Å². The van der Waals surface area contributed by atoms with Crippen molar-refractivity contribution in [3.63, 3.8) is 0 Å². The predicted molar refractivity (Wildman–Crippen MR) is 115 cm³/mol. The number of aryl methyl sites for hydroxylation is 1. The Kier molecular flexibility index (Phi) is 5.80. The Morgan fingerprint density at radius 3 is 2.55 bits per heavy atom. The number of morpholine rings is 1. The number of nitrogens with zero attached hydrogens (tertiary/aromatic N) is 2. The quantitative estimate of drug-likeness (QED) is 0.741. The summed E-state index contributed by atoms with van der Waals surface area (Å²) in [7, 11) is 0. The maximum Gasteiger partial charge on any atom is 0.278 e. The first-order chi connectivity index (χ1) is 14.1. The second-order valence-electron chi connectivity index (χ2n) is 7.32. The van der Waals surface area contributed by atoms with E-state index in [2.05, 4.69) is 10.2 Å². The molecule has 1 saturated heterocycles. The highest BCUT2D eigenvalue weighted by atomic mass is 32.1. The minimum Gasteiger partial charge on any atom is -0.379 e. The number of anilines is 1. The highest BCUT2D eigenvalue weighted by Gasteiger charge is 2.39. The van der Waals surface area contributed by atoms with Crippen LogP contribution < -0.4 is 5.32 Å². The standard InChI is InChI=1S/C22H25N3O3S/c1-15-5-3-6-17(16(15)2)23-20-19(18-7-4-14-29-18)21(26)25(22(20)27)9-8-24-10-12-28-13-11-24/h3-7,14,23H,8-13H2,1-2H3. The molecular weight excluding hydrogens is 386 g/mol. The number of nitrogens with one attached hydrogen (secondary N) is 1. The van der Waals surface area contributed by atoms with Crippen LogP contribution in [0.1, 0.15) is 16.0 Å². The highest BCUT2D eigenvalue weighted by Crippen LogP contribution is 2.33. The van der Waals surface area contributed by atoms with Gasteiger partial charge in [-0.15, -0.1) is 11.3 Å². The van der Waals surface area contributed by atoms with E-state index in [1.165, 1.54) is 16.2 Å². The van der Waals surface area contributed by atoms with Crippen molar-refractivity contribution in [2.24, 2.45) is 0 Å². The summed E-state index contributed by atoms with van der Waals surface area (Å²) in [5, 5.41) is 5.20. The lowest BCUT2D eigenvalue weighted by Gasteiger charge is -2.28. The smallest absolute Gasteiger partial charge is 0.278 e. The van der Waals surface area contributed by atoms with Crippen LogP contribution in [0.25, 0.3) is 5.57 Å². The van der Waals surface area contributed by atoms with Crippen molar-refractivity contribution >= 4 is 34.4 Å². The first-order valence-corrected chi connectivity index (χ1v) is 10.7. The molecule has 4 rings (SSSR count). The summed E-state index contributed by atoms with van der Waals surface area (Å²) in [6.45, 7) is 8.13. The number of carbonyl (C=O) groups is 2. The summed E-state index contributed by atoms with van der Waals surface area (Å²) in [5.74, 6) is -0.480. The zero-order valence-corrected chi connectivity index (χ0v) is 17.6. The summed E-state index contributed by atoms with van der Waals surface area (Å²) < 4.78 is 5.38. The van der Waals surface area contributed by atoms with Crippen LogP contribution in [0.5, 0.6) is 0 Å². The molecule has 6 nitrogen and oxygen atoms in total. The molecule has 2 aliphatic rings. The normalized spacial score (nSPS) is 18.1. The largest absolute Gasteiger partial charge is 0.379 e. The van der Waals surface area contributed by atoms with Crippen molar-refractivity contribution in [1.82, 2.24) is 9.80 Å². The van der Waals surface area contributed by atoms with Crippen LogP contribution >= 0.6 is 11.3 Å². The summed E-state index contributed by atoms with van der Waals surface area (Å²) >= 11 is 1.47. The Morgan fingerprint density at radius 2 is 1.83 bits per heavy atom. The molecule has 1 aromatic heterocycles. The van der Waals surface area contributed by atoms with Crippen LogP contribution in [0.4, 0.5) is 5.69 Å². The molecule has 2 aliphatic heterocycles. The highest BCUT2D eigenvalue weighted by molar-refractivity contribution is 7.11. The molecular formula is C22H25N3O3S. The number of hydrogen-bond acceptors (Lipinski definition) is 6. The van der Waals surface area contributed by atoms with E-state index < -0.39 is 0 Å². The Bertz CT molecular complexity index is 946. The van der Waals surface area contributed by atoms with Crippen LogP contribution in [0, 0.1) is 13.8 Å². The Hall–Kier alpha value is -2.48. The lowest BCUT2D eigenvalue weighted by molar-refractivity contribution is -0.137. The van der Waals surface area contributed by atoms with E-state index in [0.29, 0.717) is 37.6 Å². The average molecular weight is 412 g/mol. The van der Waals surface area contributed by atoms with E-state index in [1.54, 1.807) is 0 Å². The molecule has 0 aliphatic carbocycles. The van der Waals surface area contributed by atoms with E-state index in [-0.39, 0.29) is 11.8 Å². The van der Waals surface area contributed by atoms with Crippen LogP contribution in [-0.4, -0.2) is 61.0 Å². The van der Waals surface area contributed by atoms with E-state index in [9.17, 15) is 9.59 Å². The maximum atomic E-state index is 13.2. The monoisotopic (exact) mass is 411 g/mol. The molecule has 0 radical (unpaired) electrons. The van der Waals surface area contributed by atoms with Crippen LogP contribution in [0.15, 0.2) is 41.4 Å². The predicted octanol–water partition coefficient (Wildman–Crippen LogP) is 2.89. The minimum absolute atomic E-state index is 0.224. The van der Waals surface area contributed by atoms with Gasteiger partial charge in [0.1, 0.15) is 5.70 Å². The van der Waals surface area contributed by atoms with Gasteiger partial charge < -0.3 is 10.1 Å². The number of thiophene rings is 1. The number of amides is 2. The van der Waals surface area contributed by atoms with E-state index in [4.69, 9.17) is 4.74 Å². The summed E-state index contributed by atoms with van der Waals surface area (Å²) in [6, 6.07) is 9.71. The summed E-state index contributed by atoms with van der Waals surface area (Å²) in [5.41, 5.74) is 3.89. The molecule has 7 heteroatoms. The van der Waals surface area contributed by atoms with Crippen LogP contribution in [0.3, 0.4) is 0 Å². The van der Waals surface area contributed by atoms with Crippen LogP contribution in [0.2, 0.25) is 0 Å². The van der Waals surface area contributed by atoms with Crippen molar-refractivity contribution in [3.8, 4) is 0 Å². The van der Waals surface area contributed by atoms with Gasteiger partial charge in [-0.05, 0) is 42.5 Å². The third kappa shape index (κ3) is 3.99. The fraction of sp³-hybridized carbons (Fsp3) is 0.364. The average Bonchev–Trinajstić information content (AvgIpc) is 3.32. The molecule has 3 heterocycles. The van der Waals surface area contributed by atoms with Gasteiger partial charge in [0.2, 0.25) is 0 Å². The number of hydrogen-bond donors (Lipinski definition) is 1. The second-order valence-corrected chi connectivity index (χ2v) is 8.26. The molecule has 1 aromatic carbocycles. The molecule has 29 heavy (non-hydrogen) atoms. The van der Waals surface area contributed by atoms with Crippen molar-refractivity contribution in [3.05, 3.63) is 57.4 Å². The third-order valence-corrected chi connectivity index (χ3v) is 6.43.